The Balaban J connectivity index is 1.35. The molecule has 2 aromatic rings. The molecule has 138 valence electrons. The zero-order valence-electron chi connectivity index (χ0n) is 14.7. The first-order valence-corrected chi connectivity index (χ1v) is 8.69. The number of hydrogen-bond acceptors (Lipinski definition) is 5. The number of carbonyl (C=O) groups excluding carboxylic acids is 3. The van der Waals surface area contributed by atoms with E-state index in [9.17, 15) is 14.4 Å². The van der Waals surface area contributed by atoms with E-state index in [0.29, 0.717) is 22.6 Å². The van der Waals surface area contributed by atoms with Crippen molar-refractivity contribution >= 4 is 17.7 Å². The van der Waals surface area contributed by atoms with Crippen LogP contribution in [-0.4, -0.2) is 36.0 Å². The van der Waals surface area contributed by atoms with E-state index in [4.69, 9.17) is 9.47 Å². The van der Waals surface area contributed by atoms with Gasteiger partial charge in [-0.25, -0.2) is 0 Å². The summed E-state index contributed by atoms with van der Waals surface area (Å²) in [6.45, 7) is 2.10. The van der Waals surface area contributed by atoms with Crippen molar-refractivity contribution in [2.24, 2.45) is 0 Å². The second-order valence-electron chi connectivity index (χ2n) is 6.46. The van der Waals surface area contributed by atoms with Gasteiger partial charge in [0, 0.05) is 13.0 Å². The van der Waals surface area contributed by atoms with Gasteiger partial charge >= 0.3 is 0 Å². The molecule has 2 heterocycles. The third kappa shape index (κ3) is 3.12. The van der Waals surface area contributed by atoms with Crippen LogP contribution in [-0.2, 0) is 4.79 Å². The van der Waals surface area contributed by atoms with Crippen molar-refractivity contribution in [2.75, 3.05) is 13.3 Å². The van der Waals surface area contributed by atoms with Gasteiger partial charge in [0.2, 0.25) is 12.7 Å². The van der Waals surface area contributed by atoms with Crippen LogP contribution in [0.15, 0.2) is 42.5 Å². The first-order valence-electron chi connectivity index (χ1n) is 8.69. The molecule has 0 radical (unpaired) electrons. The summed E-state index contributed by atoms with van der Waals surface area (Å²) in [7, 11) is 0. The molecule has 2 aliphatic heterocycles. The summed E-state index contributed by atoms with van der Waals surface area (Å²) in [5.41, 5.74) is 1.65. The quantitative estimate of drug-likeness (QED) is 0.821. The number of carbonyl (C=O) groups is 3. The Morgan fingerprint density at radius 2 is 1.74 bits per heavy atom. The summed E-state index contributed by atoms with van der Waals surface area (Å²) >= 11 is 0. The Bertz CT molecular complexity index is 905. The largest absolute Gasteiger partial charge is 0.454 e. The molecule has 7 heteroatoms. The molecule has 0 aliphatic carbocycles. The maximum Gasteiger partial charge on any atom is 0.261 e. The lowest BCUT2D eigenvalue weighted by Crippen LogP contribution is -2.35. The van der Waals surface area contributed by atoms with Crippen LogP contribution in [0.5, 0.6) is 11.5 Å². The van der Waals surface area contributed by atoms with Crippen LogP contribution >= 0.6 is 0 Å². The number of nitrogens with one attached hydrogen (secondary N) is 1. The second kappa shape index (κ2) is 6.75. The molecule has 2 aromatic carbocycles. The highest BCUT2D eigenvalue weighted by Crippen LogP contribution is 2.34. The number of ether oxygens (including phenoxy) is 2. The molecule has 1 atom stereocenters. The number of hydrogen-bond donors (Lipinski definition) is 1. The molecule has 0 fully saturated rings. The van der Waals surface area contributed by atoms with E-state index in [1.807, 2.05) is 19.1 Å². The Labute approximate surface area is 155 Å². The molecular formula is C20H18N2O5. The van der Waals surface area contributed by atoms with Gasteiger partial charge in [-0.2, -0.15) is 0 Å². The average Bonchev–Trinajstić information content (AvgIpc) is 3.23. The van der Waals surface area contributed by atoms with Crippen LogP contribution in [0.1, 0.15) is 45.7 Å². The van der Waals surface area contributed by atoms with E-state index in [2.05, 4.69) is 5.32 Å². The third-order valence-corrected chi connectivity index (χ3v) is 4.71. The molecule has 0 saturated heterocycles. The number of benzene rings is 2. The fourth-order valence-electron chi connectivity index (χ4n) is 3.24. The molecule has 1 N–H and O–H groups in total. The van der Waals surface area contributed by atoms with Crippen molar-refractivity contribution in [3.05, 3.63) is 59.2 Å². The lowest BCUT2D eigenvalue weighted by molar-refractivity contribution is -0.121. The maximum atomic E-state index is 12.3. The summed E-state index contributed by atoms with van der Waals surface area (Å²) in [5.74, 6) is 0.388. The molecule has 0 bridgehead atoms. The monoisotopic (exact) mass is 366 g/mol. The molecule has 27 heavy (non-hydrogen) atoms. The lowest BCUT2D eigenvalue weighted by atomic mass is 10.1. The van der Waals surface area contributed by atoms with E-state index < -0.39 is 0 Å². The molecule has 7 nitrogen and oxygen atoms in total. The first-order chi connectivity index (χ1) is 13.0. The Kier molecular flexibility index (Phi) is 4.27. The molecule has 4 rings (SSSR count). The van der Waals surface area contributed by atoms with Gasteiger partial charge in [0.15, 0.2) is 11.5 Å². The standard InChI is InChI=1S/C20H18N2O5/c1-12(13-6-7-16-17(10-13)27-11-26-16)21-18(23)8-9-22-19(24)14-4-2-3-5-15(14)20(22)25/h2-7,10,12H,8-9,11H2,1H3,(H,21,23). The van der Waals surface area contributed by atoms with Crippen LogP contribution in [0.2, 0.25) is 0 Å². The van der Waals surface area contributed by atoms with Gasteiger partial charge in [0.05, 0.1) is 17.2 Å². The van der Waals surface area contributed by atoms with E-state index in [1.165, 1.54) is 0 Å². The van der Waals surface area contributed by atoms with Gasteiger partial charge < -0.3 is 14.8 Å². The lowest BCUT2D eigenvalue weighted by Gasteiger charge is -2.17. The molecule has 0 aromatic heterocycles. The highest BCUT2D eigenvalue weighted by molar-refractivity contribution is 6.21. The van der Waals surface area contributed by atoms with Crippen LogP contribution < -0.4 is 14.8 Å². The fourth-order valence-corrected chi connectivity index (χ4v) is 3.24. The second-order valence-corrected chi connectivity index (χ2v) is 6.46. The van der Waals surface area contributed by atoms with Crippen molar-refractivity contribution < 1.29 is 23.9 Å². The SMILES string of the molecule is CC(NC(=O)CCN1C(=O)c2ccccc2C1=O)c1ccc2c(c1)OCO2. The van der Waals surface area contributed by atoms with E-state index in [0.717, 1.165) is 10.5 Å². The van der Waals surface area contributed by atoms with E-state index >= 15 is 0 Å². The molecule has 2 aliphatic rings. The van der Waals surface area contributed by atoms with Crippen LogP contribution in [0.4, 0.5) is 0 Å². The summed E-state index contributed by atoms with van der Waals surface area (Å²) in [6, 6.07) is 11.9. The molecule has 3 amide bonds. The van der Waals surface area contributed by atoms with Crippen molar-refractivity contribution in [1.29, 1.82) is 0 Å². The number of amides is 3. The van der Waals surface area contributed by atoms with Crippen LogP contribution in [0.3, 0.4) is 0 Å². The van der Waals surface area contributed by atoms with Crippen molar-refractivity contribution in [3.8, 4) is 11.5 Å². The maximum absolute atomic E-state index is 12.3. The van der Waals surface area contributed by atoms with Gasteiger partial charge in [-0.3, -0.25) is 19.3 Å². The van der Waals surface area contributed by atoms with Gasteiger partial charge in [0.1, 0.15) is 0 Å². The van der Waals surface area contributed by atoms with Crippen molar-refractivity contribution in [2.45, 2.75) is 19.4 Å². The smallest absolute Gasteiger partial charge is 0.261 e. The Morgan fingerprint density at radius 1 is 1.07 bits per heavy atom. The van der Waals surface area contributed by atoms with E-state index in [1.54, 1.807) is 30.3 Å². The van der Waals surface area contributed by atoms with Gasteiger partial charge in [0.25, 0.3) is 11.8 Å². The number of nitrogens with zero attached hydrogens (tertiary/aromatic N) is 1. The summed E-state index contributed by atoms with van der Waals surface area (Å²) < 4.78 is 10.6. The molecule has 0 spiro atoms. The van der Waals surface area contributed by atoms with Crippen LogP contribution in [0, 0.1) is 0 Å². The average molecular weight is 366 g/mol. The summed E-state index contributed by atoms with van der Waals surface area (Å²) in [4.78, 5) is 38.0. The third-order valence-electron chi connectivity index (χ3n) is 4.71. The predicted octanol–water partition coefficient (Wildman–Crippen LogP) is 2.28. The summed E-state index contributed by atoms with van der Waals surface area (Å²) in [6.07, 6.45) is 0.0420. The zero-order valence-corrected chi connectivity index (χ0v) is 14.7. The van der Waals surface area contributed by atoms with Crippen molar-refractivity contribution in [1.82, 2.24) is 10.2 Å². The zero-order chi connectivity index (χ0) is 19.0. The van der Waals surface area contributed by atoms with E-state index in [-0.39, 0.29) is 43.5 Å². The molecular weight excluding hydrogens is 348 g/mol. The number of imide groups is 1. The minimum atomic E-state index is -0.354. The fraction of sp³-hybridized carbons (Fsp3) is 0.250. The first kappa shape index (κ1) is 17.1. The van der Waals surface area contributed by atoms with Gasteiger partial charge in [-0.15, -0.1) is 0 Å². The normalized spacial score (nSPS) is 15.7. The molecule has 1 unspecified atom stereocenters. The topological polar surface area (TPSA) is 84.9 Å². The minimum Gasteiger partial charge on any atom is -0.454 e. The molecule has 0 saturated carbocycles. The summed E-state index contributed by atoms with van der Waals surface area (Å²) in [5, 5.41) is 2.88. The predicted molar refractivity (Wildman–Crippen MR) is 95.5 cm³/mol. The minimum absolute atomic E-state index is 0.0420. The highest BCUT2D eigenvalue weighted by atomic mass is 16.7. The number of fused-ring (bicyclic) bond motifs is 2. The van der Waals surface area contributed by atoms with Crippen molar-refractivity contribution in [3.63, 3.8) is 0 Å². The highest BCUT2D eigenvalue weighted by Gasteiger charge is 2.35. The number of rotatable bonds is 5. The van der Waals surface area contributed by atoms with Gasteiger partial charge in [-0.1, -0.05) is 18.2 Å². The van der Waals surface area contributed by atoms with Crippen LogP contribution in [0.25, 0.3) is 0 Å². The Hall–Kier alpha value is -3.35. The van der Waals surface area contributed by atoms with Gasteiger partial charge in [-0.05, 0) is 36.8 Å². The Morgan fingerprint density at radius 3 is 2.44 bits per heavy atom.